The molecule has 1 aromatic heterocycles. The van der Waals surface area contributed by atoms with Gasteiger partial charge in [-0.1, -0.05) is 261 Å². The number of Topliss-reactive ketones (excluding diaryl/α,β-unsaturated/α-hetero) is 1. The van der Waals surface area contributed by atoms with Crippen LogP contribution in [0.2, 0.25) is 0 Å². The Morgan fingerprint density at radius 1 is 0.481 bits per heavy atom. The minimum absolute atomic E-state index is 0. The zero-order chi connectivity index (χ0) is 60.2. The summed E-state index contributed by atoms with van der Waals surface area (Å²) in [6.45, 7) is 20.0. The molecule has 81 heavy (non-hydrogen) atoms. The Hall–Kier alpha value is -4.78. The molecular weight excluding hydrogens is 1220 g/mol. The molecule has 0 radical (unpaired) electrons. The number of rotatable bonds is 13. The second-order valence-electron chi connectivity index (χ2n) is 13.0. The first-order chi connectivity index (χ1) is 37.2. The molecule has 4 unspecified atom stereocenters. The number of carbonyl (C=O) groups is 5. The van der Waals surface area contributed by atoms with Crippen LogP contribution in [0.25, 0.3) is 0 Å². The van der Waals surface area contributed by atoms with E-state index in [1.165, 1.54) is 29.5 Å². The third-order valence-corrected chi connectivity index (χ3v) is 10.0. The fourth-order valence-corrected chi connectivity index (χ4v) is 6.07. The Labute approximate surface area is 523 Å². The number of carboxylic acid groups (broad SMARTS) is 3. The van der Waals surface area contributed by atoms with Gasteiger partial charge in [-0.15, -0.1) is 11.3 Å². The Morgan fingerprint density at radius 2 is 0.765 bits per heavy atom. The number of aromatic nitrogens is 1. The van der Waals surface area contributed by atoms with Crippen LogP contribution >= 0.6 is 91.3 Å². The van der Waals surface area contributed by atoms with Crippen molar-refractivity contribution in [3.05, 3.63) is 196 Å². The van der Waals surface area contributed by atoms with Crippen molar-refractivity contribution in [1.82, 2.24) is 20.9 Å². The molecular formula is C60H100BrN5O8P4S3. The predicted molar refractivity (Wildman–Crippen MR) is 382 cm³/mol. The second-order valence-corrected chi connectivity index (χ2v) is 15.5. The number of alkyl halides is 1. The Balaban J connectivity index is -0.0000000898. The summed E-state index contributed by atoms with van der Waals surface area (Å²) in [5, 5.41) is 35.6. The zero-order valence-corrected chi connectivity index (χ0v) is 60.3. The highest BCUT2D eigenvalue weighted by molar-refractivity contribution is 9.09. The van der Waals surface area contributed by atoms with Crippen molar-refractivity contribution in [1.29, 1.82) is 0 Å². The van der Waals surface area contributed by atoms with Crippen LogP contribution in [-0.2, 0) is 51.3 Å². The molecule has 21 heteroatoms. The molecule has 4 atom stereocenters. The molecule has 0 aliphatic carbocycles. The topological polar surface area (TPSA) is 221 Å². The van der Waals surface area contributed by atoms with Crippen molar-refractivity contribution in [2.75, 3.05) is 33.5 Å². The SMILES string of the molecule is CC.CC.CC.CC.CC.CN.CNC(=O)Cc1ccccc1.CNC(=S)Cc1ccccc1.CNC(=S)Cc1ccccc1.O=C(O)C(=O)CBr.O=C(O)Cc1ccccc1.O=C(O)c1csc(Cc2ccccc2)n1.P.P.P.P. The van der Waals surface area contributed by atoms with Crippen molar-refractivity contribution >= 4 is 131 Å². The molecule has 458 valence electrons. The van der Waals surface area contributed by atoms with Gasteiger partial charge in [-0.2, -0.15) is 39.6 Å². The van der Waals surface area contributed by atoms with Gasteiger partial charge in [-0.25, -0.2) is 14.6 Å². The summed E-state index contributed by atoms with van der Waals surface area (Å²) in [4.78, 5) is 56.9. The highest BCUT2D eigenvalue weighted by Crippen LogP contribution is 2.14. The van der Waals surface area contributed by atoms with Gasteiger partial charge in [0, 0.05) is 45.8 Å². The van der Waals surface area contributed by atoms with Gasteiger partial charge in [-0.05, 0) is 34.9 Å². The number of aliphatic carboxylic acids is 2. The summed E-state index contributed by atoms with van der Waals surface area (Å²) in [5.74, 6) is -3.91. The van der Waals surface area contributed by atoms with Crippen LogP contribution in [0.3, 0.4) is 0 Å². The number of aromatic carboxylic acids is 1. The normalized spacial score (nSPS) is 7.90. The number of carbonyl (C=O) groups excluding carboxylic acids is 2. The van der Waals surface area contributed by atoms with Crippen LogP contribution in [0.15, 0.2) is 157 Å². The number of nitrogens with two attached hydrogens (primary N) is 1. The fraction of sp³-hybridized carbons (Fsp3) is 0.333. The van der Waals surface area contributed by atoms with Crippen molar-refractivity contribution in [2.45, 2.75) is 101 Å². The van der Waals surface area contributed by atoms with Gasteiger partial charge in [0.25, 0.3) is 0 Å². The average molecular weight is 1320 g/mol. The highest BCUT2D eigenvalue weighted by Gasteiger charge is 2.09. The first-order valence-corrected chi connectivity index (χ1v) is 28.1. The molecule has 13 nitrogen and oxygen atoms in total. The molecule has 6 rings (SSSR count). The lowest BCUT2D eigenvalue weighted by atomic mass is 10.1. The Morgan fingerprint density at radius 3 is 0.988 bits per heavy atom. The van der Waals surface area contributed by atoms with E-state index in [1.54, 1.807) is 24.6 Å². The van der Waals surface area contributed by atoms with Gasteiger partial charge in [0.1, 0.15) is 0 Å². The van der Waals surface area contributed by atoms with E-state index in [9.17, 15) is 24.0 Å². The maximum absolute atomic E-state index is 10.9. The lowest BCUT2D eigenvalue weighted by Crippen LogP contribution is -2.19. The molecule has 0 aliphatic rings. The number of halogens is 1. The number of thiocarbonyl (C=S) groups is 2. The number of thiazole rings is 1. The number of hydrogen-bond acceptors (Lipinski definition) is 10. The maximum Gasteiger partial charge on any atom is 0.373 e. The molecule has 0 saturated heterocycles. The molecule has 0 saturated carbocycles. The molecule has 0 spiro atoms. The lowest BCUT2D eigenvalue weighted by molar-refractivity contribution is -0.147. The van der Waals surface area contributed by atoms with Crippen LogP contribution in [0.1, 0.15) is 113 Å². The lowest BCUT2D eigenvalue weighted by Gasteiger charge is -2.01. The minimum atomic E-state index is -1.39. The van der Waals surface area contributed by atoms with Crippen molar-refractivity contribution in [2.24, 2.45) is 5.73 Å². The van der Waals surface area contributed by atoms with Gasteiger partial charge in [0.2, 0.25) is 11.7 Å². The summed E-state index contributed by atoms with van der Waals surface area (Å²) in [6.07, 6.45) is 2.95. The number of hydrogen-bond donors (Lipinski definition) is 7. The van der Waals surface area contributed by atoms with Crippen LogP contribution in [0.4, 0.5) is 0 Å². The smallest absolute Gasteiger partial charge is 0.373 e. The molecule has 1 heterocycles. The number of nitrogens with one attached hydrogen (secondary N) is 3. The average Bonchev–Trinajstić information content (AvgIpc) is 3.97. The number of amides is 1. The first-order valence-electron chi connectivity index (χ1n) is 25.3. The molecule has 0 bridgehead atoms. The number of benzene rings is 5. The van der Waals surface area contributed by atoms with Crippen LogP contribution in [0, 0.1) is 0 Å². The van der Waals surface area contributed by atoms with E-state index in [0.29, 0.717) is 12.8 Å². The Bertz CT molecular complexity index is 2210. The summed E-state index contributed by atoms with van der Waals surface area (Å²) in [6, 6.07) is 49.1. The van der Waals surface area contributed by atoms with E-state index in [2.05, 4.69) is 66.9 Å². The molecule has 5 aromatic carbocycles. The first kappa shape index (κ1) is 98.3. The minimum Gasteiger partial charge on any atom is -0.481 e. The monoisotopic (exact) mass is 1320 g/mol. The third-order valence-electron chi connectivity index (χ3n) is 7.99. The van der Waals surface area contributed by atoms with E-state index in [1.807, 2.05) is 199 Å². The summed E-state index contributed by atoms with van der Waals surface area (Å²) in [7, 11) is 6.85. The standard InChI is InChI=1S/C11H9NO2S.C9H11NO.2C9H11NS.C8H8O2.C3H3BrO3.5C2H6.CH5N.4H3P/c13-11(14)9-7-15-10(12-9)6-8-4-2-1-3-5-8;3*1-10-9(11)7-8-5-3-2-4-6-8;9-8(10)6-7-4-2-1-3-5-7;4-1-2(5)3(6)7;6*1-2;;;;/h1-5,7H,6H2,(H,13,14);3*2-6H,7H2,1H3,(H,10,11);1-5H,6H2,(H,9,10);1H2,(H,6,7);5*1-2H3;2H2,1H3;4*1H3. The van der Waals surface area contributed by atoms with Crippen LogP contribution in [0.5, 0.6) is 0 Å². The predicted octanol–water partition coefficient (Wildman–Crippen LogP) is 13.2. The summed E-state index contributed by atoms with van der Waals surface area (Å²) in [5.41, 5.74) is 10.2. The second kappa shape index (κ2) is 75.2. The van der Waals surface area contributed by atoms with E-state index in [0.717, 1.165) is 44.5 Å². The number of likely N-dealkylation sites (N-methyl/N-ethyl adjacent to an activating group) is 3. The van der Waals surface area contributed by atoms with Gasteiger partial charge >= 0.3 is 17.9 Å². The maximum atomic E-state index is 10.9. The van der Waals surface area contributed by atoms with Gasteiger partial charge in [-0.3, -0.25) is 14.4 Å². The molecule has 8 N–H and O–H groups in total. The van der Waals surface area contributed by atoms with E-state index in [-0.39, 0.29) is 62.9 Å². The van der Waals surface area contributed by atoms with E-state index in [4.69, 9.17) is 39.8 Å². The Kier molecular flexibility index (Phi) is 91.3. The van der Waals surface area contributed by atoms with E-state index >= 15 is 0 Å². The molecule has 6 aromatic rings. The fourth-order valence-electron chi connectivity index (χ4n) is 4.70. The quantitative estimate of drug-likeness (QED) is 0.0248. The van der Waals surface area contributed by atoms with Gasteiger partial charge in [0.05, 0.1) is 33.2 Å². The van der Waals surface area contributed by atoms with Gasteiger partial charge < -0.3 is 37.0 Å². The largest absolute Gasteiger partial charge is 0.481 e. The van der Waals surface area contributed by atoms with Gasteiger partial charge in [0.15, 0.2) is 5.69 Å². The highest BCUT2D eigenvalue weighted by atomic mass is 79.9. The zero-order valence-electron chi connectivity index (χ0n) is 50.6. The molecule has 0 aliphatic heterocycles. The third kappa shape index (κ3) is 62.7. The van der Waals surface area contributed by atoms with E-state index < -0.39 is 23.7 Å². The number of nitrogens with zero attached hydrogens (tertiary/aromatic N) is 1. The van der Waals surface area contributed by atoms with Crippen molar-refractivity contribution < 1.29 is 39.3 Å². The molecule has 0 fully saturated rings. The number of carboxylic acids is 3. The van der Waals surface area contributed by atoms with Crippen LogP contribution < -0.4 is 21.7 Å². The molecule has 1 amide bonds. The number of ketones is 1. The van der Waals surface area contributed by atoms with Crippen molar-refractivity contribution in [3.8, 4) is 0 Å². The van der Waals surface area contributed by atoms with Crippen LogP contribution in [-0.4, -0.2) is 93.4 Å². The van der Waals surface area contributed by atoms with Crippen molar-refractivity contribution in [3.63, 3.8) is 0 Å². The summed E-state index contributed by atoms with van der Waals surface area (Å²) >= 11 is 14.1. The summed E-state index contributed by atoms with van der Waals surface area (Å²) < 4.78 is 0.